The van der Waals surface area contributed by atoms with Gasteiger partial charge in [0.15, 0.2) is 0 Å². The van der Waals surface area contributed by atoms with Gasteiger partial charge in [0.2, 0.25) is 0 Å². The lowest BCUT2D eigenvalue weighted by Crippen LogP contribution is -2.52. The Morgan fingerprint density at radius 2 is 2.29 bits per heavy atom. The standard InChI is InChI=1S/C10H20N2O2/c1-12(2)7-8-4-3-5-10(11,6-8)9(13)14/h8H,3-7,11H2,1-2H3,(H,13,14)/t8-,10?/m1/s1. The molecule has 14 heavy (non-hydrogen) atoms. The third kappa shape index (κ3) is 2.69. The molecule has 1 saturated carbocycles. The van der Waals surface area contributed by atoms with E-state index < -0.39 is 11.5 Å². The van der Waals surface area contributed by atoms with E-state index in [0.29, 0.717) is 18.8 Å². The number of rotatable bonds is 3. The highest BCUT2D eigenvalue weighted by molar-refractivity contribution is 5.78. The summed E-state index contributed by atoms with van der Waals surface area (Å²) in [6, 6.07) is 0. The number of aliphatic carboxylic acids is 1. The third-order valence-electron chi connectivity index (χ3n) is 2.94. The lowest BCUT2D eigenvalue weighted by Gasteiger charge is -2.35. The highest BCUT2D eigenvalue weighted by atomic mass is 16.4. The van der Waals surface area contributed by atoms with Crippen molar-refractivity contribution >= 4 is 5.97 Å². The van der Waals surface area contributed by atoms with Crippen molar-refractivity contribution in [2.75, 3.05) is 20.6 Å². The molecule has 0 spiro atoms. The van der Waals surface area contributed by atoms with E-state index in [-0.39, 0.29) is 0 Å². The fourth-order valence-corrected chi connectivity index (χ4v) is 2.29. The van der Waals surface area contributed by atoms with Crippen molar-refractivity contribution in [3.8, 4) is 0 Å². The number of hydrogen-bond acceptors (Lipinski definition) is 3. The van der Waals surface area contributed by atoms with Crippen molar-refractivity contribution in [1.82, 2.24) is 4.90 Å². The Labute approximate surface area is 85.1 Å². The van der Waals surface area contributed by atoms with Gasteiger partial charge in [-0.15, -0.1) is 0 Å². The predicted molar refractivity (Wildman–Crippen MR) is 55.1 cm³/mol. The quantitative estimate of drug-likeness (QED) is 0.697. The zero-order valence-electron chi connectivity index (χ0n) is 8.99. The molecule has 0 aromatic heterocycles. The zero-order chi connectivity index (χ0) is 10.8. The van der Waals surface area contributed by atoms with Crippen LogP contribution in [0.5, 0.6) is 0 Å². The van der Waals surface area contributed by atoms with Crippen molar-refractivity contribution in [2.45, 2.75) is 31.2 Å². The van der Waals surface area contributed by atoms with Crippen molar-refractivity contribution in [3.05, 3.63) is 0 Å². The molecular weight excluding hydrogens is 180 g/mol. The van der Waals surface area contributed by atoms with Crippen molar-refractivity contribution in [1.29, 1.82) is 0 Å². The Kier molecular flexibility index (Phi) is 3.50. The summed E-state index contributed by atoms with van der Waals surface area (Å²) >= 11 is 0. The van der Waals surface area contributed by atoms with Gasteiger partial charge >= 0.3 is 5.97 Å². The minimum Gasteiger partial charge on any atom is -0.480 e. The molecule has 0 aromatic rings. The van der Waals surface area contributed by atoms with E-state index in [1.807, 2.05) is 14.1 Å². The highest BCUT2D eigenvalue weighted by Crippen LogP contribution is 2.31. The number of nitrogens with zero attached hydrogens (tertiary/aromatic N) is 1. The Morgan fingerprint density at radius 3 is 2.79 bits per heavy atom. The first-order valence-corrected chi connectivity index (χ1v) is 5.11. The van der Waals surface area contributed by atoms with Gasteiger partial charge in [-0.3, -0.25) is 4.79 Å². The molecule has 4 nitrogen and oxygen atoms in total. The van der Waals surface area contributed by atoms with E-state index in [1.54, 1.807) is 0 Å². The van der Waals surface area contributed by atoms with Crippen LogP contribution < -0.4 is 5.73 Å². The molecule has 0 heterocycles. The van der Waals surface area contributed by atoms with E-state index in [9.17, 15) is 4.79 Å². The normalized spacial score (nSPS) is 33.3. The van der Waals surface area contributed by atoms with Gasteiger partial charge in [-0.1, -0.05) is 6.42 Å². The van der Waals surface area contributed by atoms with Gasteiger partial charge < -0.3 is 15.7 Å². The van der Waals surface area contributed by atoms with Gasteiger partial charge in [0, 0.05) is 6.54 Å². The van der Waals surface area contributed by atoms with E-state index >= 15 is 0 Å². The molecule has 0 amide bonds. The summed E-state index contributed by atoms with van der Waals surface area (Å²) in [7, 11) is 4.02. The molecule has 1 aliphatic rings. The van der Waals surface area contributed by atoms with Crippen LogP contribution in [-0.2, 0) is 4.79 Å². The first-order chi connectivity index (χ1) is 6.44. The summed E-state index contributed by atoms with van der Waals surface area (Å²) < 4.78 is 0. The second kappa shape index (κ2) is 4.28. The molecule has 0 saturated heterocycles. The zero-order valence-corrected chi connectivity index (χ0v) is 8.99. The Bertz CT molecular complexity index is 218. The average molecular weight is 200 g/mol. The number of carbonyl (C=O) groups is 1. The van der Waals surface area contributed by atoms with Crippen LogP contribution in [0.3, 0.4) is 0 Å². The molecule has 0 bridgehead atoms. The molecule has 1 rings (SSSR count). The molecule has 1 unspecified atom stereocenters. The molecule has 0 aromatic carbocycles. The average Bonchev–Trinajstić information content (AvgIpc) is 2.02. The summed E-state index contributed by atoms with van der Waals surface area (Å²) in [5.41, 5.74) is 4.88. The molecule has 1 fully saturated rings. The maximum atomic E-state index is 11.0. The first-order valence-electron chi connectivity index (χ1n) is 5.11. The monoisotopic (exact) mass is 200 g/mol. The fraction of sp³-hybridized carbons (Fsp3) is 0.900. The summed E-state index contributed by atoms with van der Waals surface area (Å²) in [4.78, 5) is 13.1. The van der Waals surface area contributed by atoms with Crippen molar-refractivity contribution in [3.63, 3.8) is 0 Å². The van der Waals surface area contributed by atoms with Crippen LogP contribution in [0.4, 0.5) is 0 Å². The lowest BCUT2D eigenvalue weighted by atomic mass is 9.76. The topological polar surface area (TPSA) is 66.6 Å². The van der Waals surface area contributed by atoms with Gasteiger partial charge in [-0.05, 0) is 39.3 Å². The van der Waals surface area contributed by atoms with Crippen LogP contribution in [0.2, 0.25) is 0 Å². The Morgan fingerprint density at radius 1 is 1.64 bits per heavy atom. The maximum absolute atomic E-state index is 11.0. The van der Waals surface area contributed by atoms with Gasteiger partial charge in [-0.25, -0.2) is 0 Å². The Hall–Kier alpha value is -0.610. The van der Waals surface area contributed by atoms with Gasteiger partial charge in [0.25, 0.3) is 0 Å². The number of nitrogens with two attached hydrogens (primary N) is 1. The van der Waals surface area contributed by atoms with Crippen LogP contribution in [-0.4, -0.2) is 42.2 Å². The molecule has 82 valence electrons. The Balaban J connectivity index is 2.55. The van der Waals surface area contributed by atoms with E-state index in [2.05, 4.69) is 4.90 Å². The van der Waals surface area contributed by atoms with Gasteiger partial charge in [0.1, 0.15) is 5.54 Å². The largest absolute Gasteiger partial charge is 0.480 e. The predicted octanol–water partition coefficient (Wildman–Crippen LogP) is 0.520. The van der Waals surface area contributed by atoms with Crippen LogP contribution in [0, 0.1) is 5.92 Å². The summed E-state index contributed by atoms with van der Waals surface area (Å²) in [5.74, 6) is -0.416. The number of carboxylic acids is 1. The molecular formula is C10H20N2O2. The van der Waals surface area contributed by atoms with Crippen LogP contribution in [0.25, 0.3) is 0 Å². The van der Waals surface area contributed by atoms with Crippen LogP contribution in [0.15, 0.2) is 0 Å². The minimum atomic E-state index is -0.973. The van der Waals surface area contributed by atoms with Crippen molar-refractivity contribution in [2.24, 2.45) is 11.7 Å². The second-order valence-corrected chi connectivity index (χ2v) is 4.69. The number of carboxylic acid groups (broad SMARTS) is 1. The molecule has 4 heteroatoms. The lowest BCUT2D eigenvalue weighted by molar-refractivity contribution is -0.145. The van der Waals surface area contributed by atoms with E-state index in [0.717, 1.165) is 19.4 Å². The number of hydrogen-bond donors (Lipinski definition) is 2. The maximum Gasteiger partial charge on any atom is 0.323 e. The molecule has 3 N–H and O–H groups in total. The second-order valence-electron chi connectivity index (χ2n) is 4.69. The van der Waals surface area contributed by atoms with Gasteiger partial charge in [-0.2, -0.15) is 0 Å². The molecule has 1 aliphatic carbocycles. The smallest absolute Gasteiger partial charge is 0.323 e. The summed E-state index contributed by atoms with van der Waals surface area (Å²) in [6.07, 6.45) is 3.26. The van der Waals surface area contributed by atoms with Crippen LogP contribution >= 0.6 is 0 Å². The fourth-order valence-electron chi connectivity index (χ4n) is 2.29. The highest BCUT2D eigenvalue weighted by Gasteiger charge is 2.39. The molecule has 0 radical (unpaired) electrons. The summed E-state index contributed by atoms with van der Waals surface area (Å²) in [6.45, 7) is 0.937. The van der Waals surface area contributed by atoms with Crippen LogP contribution in [0.1, 0.15) is 25.7 Å². The van der Waals surface area contributed by atoms with Crippen molar-refractivity contribution < 1.29 is 9.90 Å². The first kappa shape index (κ1) is 11.5. The SMILES string of the molecule is CN(C)C[C@@H]1CCCC(N)(C(=O)O)C1. The summed E-state index contributed by atoms with van der Waals surface area (Å²) in [5, 5.41) is 9.01. The molecule has 2 atom stereocenters. The van der Waals surface area contributed by atoms with E-state index in [4.69, 9.17) is 10.8 Å². The minimum absolute atomic E-state index is 0.430. The molecule has 0 aliphatic heterocycles. The van der Waals surface area contributed by atoms with Gasteiger partial charge in [0.05, 0.1) is 0 Å². The van der Waals surface area contributed by atoms with E-state index in [1.165, 1.54) is 0 Å². The third-order valence-corrected chi connectivity index (χ3v) is 2.94.